The molecular formula is C18H16N2O5S. The zero-order valence-electron chi connectivity index (χ0n) is 14.2. The van der Waals surface area contributed by atoms with Crippen LogP contribution in [0.25, 0.3) is 5.57 Å². The zero-order chi connectivity index (χ0) is 18.8. The topological polar surface area (TPSA) is 93.7 Å². The highest BCUT2D eigenvalue weighted by atomic mass is 32.2. The summed E-state index contributed by atoms with van der Waals surface area (Å²) in [5.41, 5.74) is 0.686. The number of non-ortho nitro benzene ring substituents is 1. The Balaban J connectivity index is 1.99. The molecule has 0 bridgehead atoms. The minimum atomic E-state index is -0.507. The summed E-state index contributed by atoms with van der Waals surface area (Å²) >= 11 is 1.23. The largest absolute Gasteiger partial charge is 0.468 e. The smallest absolute Gasteiger partial charge is 0.269 e. The molecule has 0 radical (unpaired) electrons. The number of carbonyl (C=O) groups is 2. The van der Waals surface area contributed by atoms with E-state index in [9.17, 15) is 19.7 Å². The molecule has 2 aromatic rings. The number of furan rings is 1. The third-order valence-electron chi connectivity index (χ3n) is 3.89. The number of hydrogen-bond donors (Lipinski definition) is 0. The van der Waals surface area contributed by atoms with Gasteiger partial charge in [0.15, 0.2) is 0 Å². The Labute approximate surface area is 153 Å². The maximum absolute atomic E-state index is 12.8. The first-order valence-electron chi connectivity index (χ1n) is 7.92. The molecule has 0 fully saturated rings. The van der Waals surface area contributed by atoms with Crippen LogP contribution in [0.15, 0.2) is 52.0 Å². The Hall–Kier alpha value is -2.87. The van der Waals surface area contributed by atoms with Gasteiger partial charge in [0.1, 0.15) is 5.76 Å². The highest BCUT2D eigenvalue weighted by molar-refractivity contribution is 8.03. The van der Waals surface area contributed by atoms with Crippen LogP contribution in [0.5, 0.6) is 0 Å². The van der Waals surface area contributed by atoms with Crippen LogP contribution >= 0.6 is 11.8 Å². The van der Waals surface area contributed by atoms with Crippen LogP contribution in [-0.2, 0) is 15.3 Å². The number of nitro benzene ring substituents is 1. The summed E-state index contributed by atoms with van der Waals surface area (Å²) in [5, 5.41) is 10.8. The van der Waals surface area contributed by atoms with E-state index in [-0.39, 0.29) is 29.1 Å². The van der Waals surface area contributed by atoms with Gasteiger partial charge in [-0.05, 0) is 43.7 Å². The molecule has 26 heavy (non-hydrogen) atoms. The molecule has 1 aromatic heterocycles. The van der Waals surface area contributed by atoms with Crippen molar-refractivity contribution in [1.82, 2.24) is 4.90 Å². The van der Waals surface area contributed by atoms with E-state index in [2.05, 4.69) is 0 Å². The van der Waals surface area contributed by atoms with Crippen LogP contribution in [0.1, 0.15) is 25.2 Å². The molecule has 0 N–H and O–H groups in total. The van der Waals surface area contributed by atoms with Gasteiger partial charge >= 0.3 is 0 Å². The SMILES string of the molecule is CC(C)N1C(=O)C(SCc2ccco2)=C(c2ccc([N+](=O)[O-])cc2)C1=O. The molecule has 7 nitrogen and oxygen atoms in total. The number of carbonyl (C=O) groups excluding carboxylic acids is 2. The van der Waals surface area contributed by atoms with Crippen molar-refractivity contribution >= 4 is 34.8 Å². The van der Waals surface area contributed by atoms with Crippen LogP contribution < -0.4 is 0 Å². The Kier molecular flexibility index (Phi) is 4.94. The summed E-state index contributed by atoms with van der Waals surface area (Å²) in [6.07, 6.45) is 1.55. The minimum Gasteiger partial charge on any atom is -0.468 e. The molecule has 0 unspecified atom stereocenters. The lowest BCUT2D eigenvalue weighted by atomic mass is 10.1. The first-order valence-corrected chi connectivity index (χ1v) is 8.91. The van der Waals surface area contributed by atoms with Gasteiger partial charge in [0.2, 0.25) is 0 Å². The van der Waals surface area contributed by atoms with Crippen molar-refractivity contribution in [2.45, 2.75) is 25.6 Å². The van der Waals surface area contributed by atoms with Gasteiger partial charge in [-0.1, -0.05) is 0 Å². The number of imide groups is 1. The van der Waals surface area contributed by atoms with Crippen LogP contribution in [-0.4, -0.2) is 27.7 Å². The summed E-state index contributed by atoms with van der Waals surface area (Å²) in [6.45, 7) is 3.53. The molecule has 0 aliphatic carbocycles. The fraction of sp³-hybridized carbons (Fsp3) is 0.222. The number of nitrogens with zero attached hydrogens (tertiary/aromatic N) is 2. The van der Waals surface area contributed by atoms with Crippen molar-refractivity contribution in [1.29, 1.82) is 0 Å². The molecule has 0 saturated carbocycles. The number of thioether (sulfide) groups is 1. The quantitative estimate of drug-likeness (QED) is 0.437. The van der Waals surface area contributed by atoms with Crippen molar-refractivity contribution in [2.24, 2.45) is 0 Å². The molecule has 2 amide bonds. The summed E-state index contributed by atoms with van der Waals surface area (Å²) in [7, 11) is 0. The van der Waals surface area contributed by atoms with Gasteiger partial charge in [-0.15, -0.1) is 11.8 Å². The Morgan fingerprint density at radius 3 is 2.38 bits per heavy atom. The second-order valence-electron chi connectivity index (χ2n) is 5.95. The Bertz CT molecular complexity index is 885. The Morgan fingerprint density at radius 2 is 1.85 bits per heavy atom. The standard InChI is InChI=1S/C18H16N2O5S/c1-11(2)19-17(21)15(12-5-7-13(8-6-12)20(23)24)16(18(19)22)26-10-14-4-3-9-25-14/h3-9,11H,10H2,1-2H3. The molecule has 1 aliphatic rings. The van der Waals surface area contributed by atoms with Gasteiger partial charge in [-0.2, -0.15) is 0 Å². The molecule has 0 spiro atoms. The van der Waals surface area contributed by atoms with E-state index in [4.69, 9.17) is 4.42 Å². The Morgan fingerprint density at radius 1 is 1.15 bits per heavy atom. The molecule has 2 heterocycles. The molecule has 0 atom stereocenters. The summed E-state index contributed by atoms with van der Waals surface area (Å²) in [6, 6.07) is 8.90. The second-order valence-corrected chi connectivity index (χ2v) is 6.94. The second kappa shape index (κ2) is 7.17. The van der Waals surface area contributed by atoms with Crippen LogP contribution in [0.4, 0.5) is 5.69 Å². The third kappa shape index (κ3) is 3.28. The maximum atomic E-state index is 12.8. The van der Waals surface area contributed by atoms with Crippen molar-refractivity contribution in [3.8, 4) is 0 Å². The summed E-state index contributed by atoms with van der Waals surface area (Å²) in [4.78, 5) is 37.5. The number of hydrogen-bond acceptors (Lipinski definition) is 6. The van der Waals surface area contributed by atoms with E-state index >= 15 is 0 Å². The monoisotopic (exact) mass is 372 g/mol. The predicted molar refractivity (Wildman–Crippen MR) is 97.0 cm³/mol. The molecule has 8 heteroatoms. The van der Waals surface area contributed by atoms with Gasteiger partial charge in [0, 0.05) is 18.2 Å². The van der Waals surface area contributed by atoms with E-state index in [0.29, 0.717) is 22.0 Å². The van der Waals surface area contributed by atoms with Gasteiger partial charge in [-0.3, -0.25) is 24.6 Å². The summed E-state index contributed by atoms with van der Waals surface area (Å²) < 4.78 is 5.28. The third-order valence-corrected chi connectivity index (χ3v) is 4.99. The van der Waals surface area contributed by atoms with Crippen LogP contribution in [0.2, 0.25) is 0 Å². The van der Waals surface area contributed by atoms with Gasteiger partial charge in [0.05, 0.1) is 27.4 Å². The van der Waals surface area contributed by atoms with E-state index < -0.39 is 4.92 Å². The van der Waals surface area contributed by atoms with Crippen LogP contribution in [0, 0.1) is 10.1 Å². The lowest BCUT2D eigenvalue weighted by Crippen LogP contribution is -2.37. The summed E-state index contributed by atoms with van der Waals surface area (Å²) in [5.74, 6) is 0.355. The fourth-order valence-corrected chi connectivity index (χ4v) is 3.69. The lowest BCUT2D eigenvalue weighted by Gasteiger charge is -2.19. The van der Waals surface area contributed by atoms with Gasteiger partial charge in [0.25, 0.3) is 17.5 Å². The van der Waals surface area contributed by atoms with E-state index in [1.165, 1.54) is 40.9 Å². The van der Waals surface area contributed by atoms with E-state index in [1.807, 2.05) is 0 Å². The average molecular weight is 372 g/mol. The van der Waals surface area contributed by atoms with E-state index in [1.54, 1.807) is 32.2 Å². The number of amides is 2. The first-order chi connectivity index (χ1) is 12.4. The molecule has 1 aliphatic heterocycles. The van der Waals surface area contributed by atoms with Crippen molar-refractivity contribution < 1.29 is 18.9 Å². The van der Waals surface area contributed by atoms with Crippen molar-refractivity contribution in [2.75, 3.05) is 0 Å². The first kappa shape index (κ1) is 17.9. The zero-order valence-corrected chi connectivity index (χ0v) is 15.0. The van der Waals surface area contributed by atoms with Crippen molar-refractivity contribution in [3.63, 3.8) is 0 Å². The minimum absolute atomic E-state index is 0.0726. The van der Waals surface area contributed by atoms with E-state index in [0.717, 1.165) is 0 Å². The average Bonchev–Trinajstić information content (AvgIpc) is 3.19. The fourth-order valence-electron chi connectivity index (χ4n) is 2.67. The lowest BCUT2D eigenvalue weighted by molar-refractivity contribution is -0.384. The molecule has 134 valence electrons. The predicted octanol–water partition coefficient (Wildman–Crippen LogP) is 3.61. The highest BCUT2D eigenvalue weighted by Crippen LogP contribution is 2.38. The van der Waals surface area contributed by atoms with Gasteiger partial charge in [-0.25, -0.2) is 0 Å². The normalized spacial score (nSPS) is 14.7. The molecule has 0 saturated heterocycles. The van der Waals surface area contributed by atoms with Gasteiger partial charge < -0.3 is 4.42 Å². The molecule has 3 rings (SSSR count). The highest BCUT2D eigenvalue weighted by Gasteiger charge is 2.40. The number of nitro groups is 1. The maximum Gasteiger partial charge on any atom is 0.269 e. The van der Waals surface area contributed by atoms with Crippen molar-refractivity contribution in [3.05, 3.63) is 69.0 Å². The number of rotatable bonds is 6. The molecular weight excluding hydrogens is 356 g/mol. The number of benzene rings is 1. The molecule has 1 aromatic carbocycles. The van der Waals surface area contributed by atoms with Crippen LogP contribution in [0.3, 0.4) is 0 Å².